The zero-order valence-corrected chi connectivity index (χ0v) is 8.88. The van der Waals surface area contributed by atoms with E-state index in [0.717, 1.165) is 5.56 Å². The van der Waals surface area contributed by atoms with Crippen LogP contribution in [0.1, 0.15) is 24.4 Å². The van der Waals surface area contributed by atoms with E-state index in [-0.39, 0.29) is 0 Å². The van der Waals surface area contributed by atoms with Gasteiger partial charge in [0.05, 0.1) is 5.02 Å². The molecule has 0 bridgehead atoms. The van der Waals surface area contributed by atoms with Crippen LogP contribution in [-0.2, 0) is 0 Å². The first-order chi connectivity index (χ1) is 6.72. The van der Waals surface area contributed by atoms with Gasteiger partial charge in [-0.25, -0.2) is 4.98 Å². The second-order valence-corrected chi connectivity index (χ2v) is 4.17. The minimum atomic E-state index is 0.307. The van der Waals surface area contributed by atoms with Crippen molar-refractivity contribution in [2.75, 3.05) is 12.8 Å². The minimum Gasteiger partial charge on any atom is -0.383 e. The molecule has 1 aliphatic rings. The molecule has 1 atom stereocenters. The highest BCUT2D eigenvalue weighted by atomic mass is 35.5. The normalized spacial score (nSPS) is 18.1. The molecule has 1 saturated carbocycles. The third-order valence-corrected chi connectivity index (χ3v) is 2.86. The SMILES string of the molecule is CNC(c1cc(Cl)cnc1N)C1CC1. The van der Waals surface area contributed by atoms with Crippen LogP contribution in [0.15, 0.2) is 12.3 Å². The molecular weight excluding hydrogens is 198 g/mol. The van der Waals surface area contributed by atoms with Gasteiger partial charge in [-0.15, -0.1) is 0 Å². The number of aromatic nitrogens is 1. The van der Waals surface area contributed by atoms with Crippen molar-refractivity contribution in [2.24, 2.45) is 5.92 Å². The maximum absolute atomic E-state index is 5.90. The van der Waals surface area contributed by atoms with E-state index in [1.165, 1.54) is 12.8 Å². The van der Waals surface area contributed by atoms with Gasteiger partial charge in [-0.3, -0.25) is 0 Å². The fraction of sp³-hybridized carbons (Fsp3) is 0.500. The Kier molecular flexibility index (Phi) is 2.61. The second kappa shape index (κ2) is 3.75. The molecule has 2 rings (SSSR count). The molecule has 1 aromatic heterocycles. The first-order valence-corrected chi connectivity index (χ1v) is 5.18. The second-order valence-electron chi connectivity index (χ2n) is 3.73. The first kappa shape index (κ1) is 9.74. The average molecular weight is 212 g/mol. The molecule has 0 spiro atoms. The highest BCUT2D eigenvalue weighted by Gasteiger charge is 2.32. The number of hydrogen-bond donors (Lipinski definition) is 2. The van der Waals surface area contributed by atoms with E-state index in [4.69, 9.17) is 17.3 Å². The van der Waals surface area contributed by atoms with Crippen molar-refractivity contribution in [3.63, 3.8) is 0 Å². The summed E-state index contributed by atoms with van der Waals surface area (Å²) in [5.41, 5.74) is 6.85. The highest BCUT2D eigenvalue weighted by molar-refractivity contribution is 6.30. The van der Waals surface area contributed by atoms with Crippen LogP contribution in [0, 0.1) is 5.92 Å². The molecule has 0 amide bonds. The average Bonchev–Trinajstić information content (AvgIpc) is 2.96. The minimum absolute atomic E-state index is 0.307. The van der Waals surface area contributed by atoms with Crippen molar-refractivity contribution in [1.82, 2.24) is 10.3 Å². The number of nitrogen functional groups attached to an aromatic ring is 1. The van der Waals surface area contributed by atoms with Gasteiger partial charge in [0.2, 0.25) is 0 Å². The van der Waals surface area contributed by atoms with Crippen LogP contribution in [0.5, 0.6) is 0 Å². The lowest BCUT2D eigenvalue weighted by atomic mass is 10.0. The van der Waals surface area contributed by atoms with Gasteiger partial charge in [-0.05, 0) is 31.9 Å². The summed E-state index contributed by atoms with van der Waals surface area (Å²) >= 11 is 5.90. The summed E-state index contributed by atoms with van der Waals surface area (Å²) in [6.45, 7) is 0. The van der Waals surface area contributed by atoms with Gasteiger partial charge < -0.3 is 11.1 Å². The Hall–Kier alpha value is -0.800. The molecule has 1 aliphatic carbocycles. The standard InChI is InChI=1S/C10H14ClN3/c1-13-9(6-2-3-6)8-4-7(11)5-14-10(8)12/h4-6,9,13H,2-3H2,1H3,(H2,12,14). The Balaban J connectivity index is 2.32. The molecule has 3 nitrogen and oxygen atoms in total. The number of anilines is 1. The maximum atomic E-state index is 5.90. The van der Waals surface area contributed by atoms with E-state index in [0.29, 0.717) is 22.8 Å². The van der Waals surface area contributed by atoms with E-state index < -0.39 is 0 Å². The lowest BCUT2D eigenvalue weighted by Gasteiger charge is -2.17. The molecule has 1 heterocycles. The van der Waals surface area contributed by atoms with Gasteiger partial charge in [0.1, 0.15) is 5.82 Å². The molecule has 1 aromatic rings. The molecule has 0 radical (unpaired) electrons. The fourth-order valence-corrected chi connectivity index (χ4v) is 1.96. The summed E-state index contributed by atoms with van der Waals surface area (Å²) < 4.78 is 0. The number of nitrogens with two attached hydrogens (primary N) is 1. The van der Waals surface area contributed by atoms with Gasteiger partial charge in [-0.2, -0.15) is 0 Å². The molecule has 3 N–H and O–H groups in total. The van der Waals surface area contributed by atoms with Crippen molar-refractivity contribution < 1.29 is 0 Å². The number of rotatable bonds is 3. The molecular formula is C10H14ClN3. The summed E-state index contributed by atoms with van der Waals surface area (Å²) in [6, 6.07) is 2.21. The number of halogens is 1. The largest absolute Gasteiger partial charge is 0.383 e. The van der Waals surface area contributed by atoms with E-state index in [1.54, 1.807) is 6.20 Å². The van der Waals surface area contributed by atoms with E-state index in [1.807, 2.05) is 13.1 Å². The Morgan fingerprint density at radius 2 is 2.36 bits per heavy atom. The number of nitrogens with zero attached hydrogens (tertiary/aromatic N) is 1. The van der Waals surface area contributed by atoms with Crippen LogP contribution in [-0.4, -0.2) is 12.0 Å². The van der Waals surface area contributed by atoms with Crippen LogP contribution < -0.4 is 11.1 Å². The molecule has 0 saturated heterocycles. The van der Waals surface area contributed by atoms with Crippen molar-refractivity contribution in [2.45, 2.75) is 18.9 Å². The first-order valence-electron chi connectivity index (χ1n) is 4.80. The van der Waals surface area contributed by atoms with Crippen molar-refractivity contribution >= 4 is 17.4 Å². The number of hydrogen-bond acceptors (Lipinski definition) is 3. The molecule has 1 unspecified atom stereocenters. The molecule has 0 aliphatic heterocycles. The zero-order chi connectivity index (χ0) is 10.1. The molecule has 14 heavy (non-hydrogen) atoms. The summed E-state index contributed by atoms with van der Waals surface area (Å²) in [5, 5.41) is 3.92. The summed E-state index contributed by atoms with van der Waals surface area (Å²) in [6.07, 6.45) is 4.11. The lowest BCUT2D eigenvalue weighted by molar-refractivity contribution is 0.529. The van der Waals surface area contributed by atoms with E-state index in [9.17, 15) is 0 Å². The van der Waals surface area contributed by atoms with Gasteiger partial charge >= 0.3 is 0 Å². The Morgan fingerprint density at radius 1 is 1.64 bits per heavy atom. The highest BCUT2D eigenvalue weighted by Crippen LogP contribution is 2.42. The maximum Gasteiger partial charge on any atom is 0.128 e. The van der Waals surface area contributed by atoms with Gasteiger partial charge in [0.15, 0.2) is 0 Å². The van der Waals surface area contributed by atoms with Crippen molar-refractivity contribution in [1.29, 1.82) is 0 Å². The van der Waals surface area contributed by atoms with Crippen molar-refractivity contribution in [3.8, 4) is 0 Å². The Bertz CT molecular complexity index is 336. The number of pyridine rings is 1. The summed E-state index contributed by atoms with van der Waals surface area (Å²) in [4.78, 5) is 4.06. The van der Waals surface area contributed by atoms with Crippen LogP contribution >= 0.6 is 11.6 Å². The smallest absolute Gasteiger partial charge is 0.128 e. The van der Waals surface area contributed by atoms with Crippen molar-refractivity contribution in [3.05, 3.63) is 22.8 Å². The zero-order valence-electron chi connectivity index (χ0n) is 8.13. The lowest BCUT2D eigenvalue weighted by Crippen LogP contribution is -2.20. The van der Waals surface area contributed by atoms with Crippen LogP contribution in [0.25, 0.3) is 0 Å². The predicted molar refractivity (Wildman–Crippen MR) is 58.2 cm³/mol. The molecule has 4 heteroatoms. The van der Waals surface area contributed by atoms with Gasteiger partial charge in [0.25, 0.3) is 0 Å². The van der Waals surface area contributed by atoms with Crippen LogP contribution in [0.3, 0.4) is 0 Å². The quantitative estimate of drug-likeness (QED) is 0.804. The van der Waals surface area contributed by atoms with Crippen LogP contribution in [0.4, 0.5) is 5.82 Å². The van der Waals surface area contributed by atoms with Crippen LogP contribution in [0.2, 0.25) is 5.02 Å². The summed E-state index contributed by atoms with van der Waals surface area (Å²) in [5.74, 6) is 1.28. The van der Waals surface area contributed by atoms with Gasteiger partial charge in [-0.1, -0.05) is 11.6 Å². The third kappa shape index (κ3) is 1.83. The Morgan fingerprint density at radius 3 is 2.93 bits per heavy atom. The number of nitrogens with one attached hydrogen (secondary N) is 1. The molecule has 0 aromatic carbocycles. The fourth-order valence-electron chi connectivity index (χ4n) is 1.79. The third-order valence-electron chi connectivity index (χ3n) is 2.66. The summed E-state index contributed by atoms with van der Waals surface area (Å²) in [7, 11) is 1.95. The van der Waals surface area contributed by atoms with Gasteiger partial charge in [0, 0.05) is 17.8 Å². The molecule has 1 fully saturated rings. The molecule has 76 valence electrons. The predicted octanol–water partition coefficient (Wildman–Crippen LogP) is 1.99. The van der Waals surface area contributed by atoms with E-state index in [2.05, 4.69) is 10.3 Å². The monoisotopic (exact) mass is 211 g/mol. The topological polar surface area (TPSA) is 50.9 Å². The Labute approximate surface area is 88.7 Å². The van der Waals surface area contributed by atoms with E-state index >= 15 is 0 Å².